The summed E-state index contributed by atoms with van der Waals surface area (Å²) in [6.45, 7) is 8.82. The molecule has 0 N–H and O–H groups in total. The van der Waals surface area contributed by atoms with E-state index in [1.54, 1.807) is 4.68 Å². The van der Waals surface area contributed by atoms with Crippen molar-refractivity contribution in [1.29, 1.82) is 0 Å². The van der Waals surface area contributed by atoms with Crippen LogP contribution in [0.25, 0.3) is 0 Å². The summed E-state index contributed by atoms with van der Waals surface area (Å²) in [5.74, 6) is 0.0944. The van der Waals surface area contributed by atoms with Gasteiger partial charge < -0.3 is 14.4 Å². The van der Waals surface area contributed by atoms with Gasteiger partial charge in [0.05, 0.1) is 18.9 Å². The zero-order valence-electron chi connectivity index (χ0n) is 15.4. The van der Waals surface area contributed by atoms with Crippen LogP contribution >= 0.6 is 0 Å². The van der Waals surface area contributed by atoms with Crippen molar-refractivity contribution in [3.05, 3.63) is 17.5 Å². The van der Waals surface area contributed by atoms with Crippen LogP contribution in [0, 0.1) is 6.92 Å². The lowest BCUT2D eigenvalue weighted by Crippen LogP contribution is -2.45. The highest BCUT2D eigenvalue weighted by Crippen LogP contribution is 2.18. The maximum atomic E-state index is 13.2. The number of aromatic nitrogens is 2. The van der Waals surface area contributed by atoms with E-state index in [1.165, 1.54) is 0 Å². The minimum atomic E-state index is 0.0944. The quantitative estimate of drug-likeness (QED) is 0.768. The highest BCUT2D eigenvalue weighted by Gasteiger charge is 2.28. The van der Waals surface area contributed by atoms with Crippen LogP contribution in [0.2, 0.25) is 0 Å². The van der Waals surface area contributed by atoms with Crippen molar-refractivity contribution in [3.63, 3.8) is 0 Å². The van der Waals surface area contributed by atoms with Gasteiger partial charge in [-0.2, -0.15) is 5.10 Å². The summed E-state index contributed by atoms with van der Waals surface area (Å²) in [6.07, 6.45) is 2.82. The molecule has 1 amide bonds. The van der Waals surface area contributed by atoms with Gasteiger partial charge in [-0.15, -0.1) is 0 Å². The molecule has 0 spiro atoms. The van der Waals surface area contributed by atoms with Gasteiger partial charge in [-0.05, 0) is 32.3 Å². The molecule has 3 rings (SSSR count). The number of ether oxygens (including phenoxy) is 2. The average Bonchev–Trinajstić information content (AvgIpc) is 2.98. The molecule has 7 heteroatoms. The van der Waals surface area contributed by atoms with Crippen molar-refractivity contribution in [1.82, 2.24) is 19.6 Å². The van der Waals surface area contributed by atoms with E-state index < -0.39 is 0 Å². The molecule has 2 aliphatic heterocycles. The lowest BCUT2D eigenvalue weighted by atomic mass is 10.1. The van der Waals surface area contributed by atoms with Gasteiger partial charge in [-0.1, -0.05) is 0 Å². The zero-order chi connectivity index (χ0) is 17.6. The highest BCUT2D eigenvalue weighted by molar-refractivity contribution is 5.93. The second kappa shape index (κ2) is 8.78. The van der Waals surface area contributed by atoms with Crippen LogP contribution in [0.4, 0.5) is 0 Å². The van der Waals surface area contributed by atoms with E-state index in [9.17, 15) is 4.79 Å². The largest absolute Gasteiger partial charge is 0.381 e. The van der Waals surface area contributed by atoms with Crippen LogP contribution in [-0.2, 0) is 16.5 Å². The first kappa shape index (κ1) is 18.4. The lowest BCUT2D eigenvalue weighted by molar-refractivity contribution is 0.0218. The zero-order valence-corrected chi connectivity index (χ0v) is 15.4. The van der Waals surface area contributed by atoms with Crippen molar-refractivity contribution < 1.29 is 14.3 Å². The predicted octanol–water partition coefficient (Wildman–Crippen LogP) is 1.07. The topological polar surface area (TPSA) is 59.8 Å². The standard InChI is InChI=1S/C18H30N4O3/c1-15-14-17(20(2)19-15)18(23)22(16-4-10-24-11-5-16)7-3-6-21-8-12-25-13-9-21/h14,16H,3-13H2,1-2H3. The molecule has 0 aliphatic carbocycles. The molecule has 2 saturated heterocycles. The normalized spacial score (nSPS) is 19.9. The van der Waals surface area contributed by atoms with Gasteiger partial charge in [0.15, 0.2) is 0 Å². The van der Waals surface area contributed by atoms with E-state index in [4.69, 9.17) is 9.47 Å². The molecule has 1 aromatic heterocycles. The SMILES string of the molecule is Cc1cc(C(=O)N(CCCN2CCOCC2)C2CCOCC2)n(C)n1. The van der Waals surface area contributed by atoms with Gasteiger partial charge in [-0.25, -0.2) is 0 Å². The molecular weight excluding hydrogens is 320 g/mol. The van der Waals surface area contributed by atoms with Gasteiger partial charge in [0, 0.05) is 52.5 Å². The van der Waals surface area contributed by atoms with Crippen molar-refractivity contribution in [2.45, 2.75) is 32.2 Å². The number of morpholine rings is 1. The molecular formula is C18H30N4O3. The van der Waals surface area contributed by atoms with Gasteiger partial charge in [0.25, 0.3) is 5.91 Å². The second-order valence-electron chi connectivity index (χ2n) is 6.94. The Labute approximate surface area is 149 Å². The first-order chi connectivity index (χ1) is 12.1. The third kappa shape index (κ3) is 4.80. The Balaban J connectivity index is 1.64. The third-order valence-electron chi connectivity index (χ3n) is 5.09. The van der Waals surface area contributed by atoms with Crippen molar-refractivity contribution in [3.8, 4) is 0 Å². The smallest absolute Gasteiger partial charge is 0.272 e. The van der Waals surface area contributed by atoms with Crippen molar-refractivity contribution in [2.75, 3.05) is 52.6 Å². The Morgan fingerprint density at radius 2 is 1.92 bits per heavy atom. The van der Waals surface area contributed by atoms with Crippen molar-refractivity contribution >= 4 is 5.91 Å². The summed E-state index contributed by atoms with van der Waals surface area (Å²) in [4.78, 5) is 17.6. The first-order valence-electron chi connectivity index (χ1n) is 9.34. The fraction of sp³-hybridized carbons (Fsp3) is 0.778. The van der Waals surface area contributed by atoms with Crippen LogP contribution in [-0.4, -0.2) is 84.1 Å². The molecule has 2 aliphatic rings. The Kier molecular flexibility index (Phi) is 6.45. The summed E-state index contributed by atoms with van der Waals surface area (Å²) >= 11 is 0. The van der Waals surface area contributed by atoms with E-state index in [1.807, 2.05) is 20.0 Å². The molecule has 1 aromatic rings. The Bertz CT molecular complexity index is 563. The number of nitrogens with zero attached hydrogens (tertiary/aromatic N) is 4. The molecule has 140 valence electrons. The number of rotatable bonds is 6. The van der Waals surface area contributed by atoms with Crippen LogP contribution in [0.15, 0.2) is 6.07 Å². The maximum Gasteiger partial charge on any atom is 0.272 e. The summed E-state index contributed by atoms with van der Waals surface area (Å²) in [6, 6.07) is 2.15. The minimum absolute atomic E-state index is 0.0944. The number of hydrogen-bond donors (Lipinski definition) is 0. The van der Waals surface area contributed by atoms with Gasteiger partial charge in [-0.3, -0.25) is 14.4 Å². The van der Waals surface area contributed by atoms with Gasteiger partial charge in [0.1, 0.15) is 5.69 Å². The molecule has 0 atom stereocenters. The van der Waals surface area contributed by atoms with Crippen LogP contribution < -0.4 is 0 Å². The minimum Gasteiger partial charge on any atom is -0.381 e. The Hall–Kier alpha value is -1.44. The molecule has 0 saturated carbocycles. The van der Waals surface area contributed by atoms with Crippen molar-refractivity contribution in [2.24, 2.45) is 7.05 Å². The lowest BCUT2D eigenvalue weighted by Gasteiger charge is -2.35. The van der Waals surface area contributed by atoms with Crippen LogP contribution in [0.3, 0.4) is 0 Å². The number of hydrogen-bond acceptors (Lipinski definition) is 5. The number of carbonyl (C=O) groups excluding carboxylic acids is 1. The molecule has 0 unspecified atom stereocenters. The summed E-state index contributed by atoms with van der Waals surface area (Å²) in [7, 11) is 1.84. The predicted molar refractivity (Wildman–Crippen MR) is 94.7 cm³/mol. The molecule has 7 nitrogen and oxygen atoms in total. The fourth-order valence-electron chi connectivity index (χ4n) is 3.69. The molecule has 3 heterocycles. The fourth-order valence-corrected chi connectivity index (χ4v) is 3.69. The summed E-state index contributed by atoms with van der Waals surface area (Å²) in [5.41, 5.74) is 1.56. The van der Waals surface area contributed by atoms with E-state index in [0.717, 1.165) is 77.6 Å². The second-order valence-corrected chi connectivity index (χ2v) is 6.94. The Morgan fingerprint density at radius 1 is 1.24 bits per heavy atom. The monoisotopic (exact) mass is 350 g/mol. The van der Waals surface area contributed by atoms with E-state index in [-0.39, 0.29) is 11.9 Å². The van der Waals surface area contributed by atoms with Crippen LogP contribution in [0.5, 0.6) is 0 Å². The van der Waals surface area contributed by atoms with E-state index >= 15 is 0 Å². The summed E-state index contributed by atoms with van der Waals surface area (Å²) in [5, 5.41) is 4.34. The highest BCUT2D eigenvalue weighted by atomic mass is 16.5. The van der Waals surface area contributed by atoms with Gasteiger partial charge >= 0.3 is 0 Å². The summed E-state index contributed by atoms with van der Waals surface area (Å²) < 4.78 is 12.6. The van der Waals surface area contributed by atoms with Crippen LogP contribution in [0.1, 0.15) is 35.4 Å². The number of carbonyl (C=O) groups is 1. The maximum absolute atomic E-state index is 13.2. The van der Waals surface area contributed by atoms with E-state index in [0.29, 0.717) is 5.69 Å². The number of amides is 1. The molecule has 0 radical (unpaired) electrons. The third-order valence-corrected chi connectivity index (χ3v) is 5.09. The first-order valence-corrected chi connectivity index (χ1v) is 9.34. The molecule has 0 aromatic carbocycles. The van der Waals surface area contributed by atoms with Gasteiger partial charge in [0.2, 0.25) is 0 Å². The average molecular weight is 350 g/mol. The molecule has 0 bridgehead atoms. The molecule has 25 heavy (non-hydrogen) atoms. The Morgan fingerprint density at radius 3 is 2.56 bits per heavy atom. The molecule has 2 fully saturated rings. The number of aryl methyl sites for hydroxylation is 2. The van der Waals surface area contributed by atoms with E-state index in [2.05, 4.69) is 14.9 Å².